The van der Waals surface area contributed by atoms with Gasteiger partial charge in [0, 0.05) is 12.6 Å². The van der Waals surface area contributed by atoms with Crippen LogP contribution in [0.5, 0.6) is 5.75 Å². The van der Waals surface area contributed by atoms with Gasteiger partial charge < -0.3 is 15.4 Å². The fourth-order valence-corrected chi connectivity index (χ4v) is 2.28. The van der Waals surface area contributed by atoms with Crippen LogP contribution in [0.1, 0.15) is 12.0 Å². The lowest BCUT2D eigenvalue weighted by Crippen LogP contribution is -2.37. The quantitative estimate of drug-likeness (QED) is 0.861. The van der Waals surface area contributed by atoms with Gasteiger partial charge in [0.25, 0.3) is 0 Å². The lowest BCUT2D eigenvalue weighted by molar-refractivity contribution is 0.245. The highest BCUT2D eigenvalue weighted by Gasteiger charge is 2.25. The van der Waals surface area contributed by atoms with Gasteiger partial charge in [0.15, 0.2) is 0 Å². The Morgan fingerprint density at radius 1 is 1.41 bits per heavy atom. The number of nitrogens with two attached hydrogens (primary N) is 1. The van der Waals surface area contributed by atoms with Crippen molar-refractivity contribution in [3.05, 3.63) is 29.8 Å². The molecule has 1 aliphatic heterocycles. The summed E-state index contributed by atoms with van der Waals surface area (Å²) >= 11 is 0. The van der Waals surface area contributed by atoms with Crippen molar-refractivity contribution in [2.24, 2.45) is 11.7 Å². The standard InChI is InChI=1S/C14H22N2O/c1-11-3-5-13(6-4-11)17-10-14(15)12-7-8-16(2)9-12/h3-6,12,14H,7-10,15H2,1-2H3. The molecule has 1 fully saturated rings. The van der Waals surface area contributed by atoms with Crippen LogP contribution in [0.25, 0.3) is 0 Å². The molecule has 1 saturated heterocycles. The minimum Gasteiger partial charge on any atom is -0.492 e. The van der Waals surface area contributed by atoms with Crippen LogP contribution < -0.4 is 10.5 Å². The molecule has 0 saturated carbocycles. The molecule has 3 nitrogen and oxygen atoms in total. The first-order valence-corrected chi connectivity index (χ1v) is 6.29. The van der Waals surface area contributed by atoms with Gasteiger partial charge >= 0.3 is 0 Å². The Labute approximate surface area is 104 Å². The van der Waals surface area contributed by atoms with Gasteiger partial charge in [-0.3, -0.25) is 0 Å². The van der Waals surface area contributed by atoms with E-state index in [1.54, 1.807) is 0 Å². The maximum Gasteiger partial charge on any atom is 0.119 e. The summed E-state index contributed by atoms with van der Waals surface area (Å²) < 4.78 is 5.73. The molecule has 0 aliphatic carbocycles. The molecule has 1 aliphatic rings. The zero-order valence-corrected chi connectivity index (χ0v) is 10.7. The van der Waals surface area contributed by atoms with E-state index in [1.807, 2.05) is 12.1 Å². The fourth-order valence-electron chi connectivity index (χ4n) is 2.28. The van der Waals surface area contributed by atoms with Crippen LogP contribution in [0.4, 0.5) is 0 Å². The van der Waals surface area contributed by atoms with Crippen molar-refractivity contribution in [2.45, 2.75) is 19.4 Å². The largest absolute Gasteiger partial charge is 0.492 e. The highest BCUT2D eigenvalue weighted by molar-refractivity contribution is 5.26. The molecule has 0 amide bonds. The Kier molecular flexibility index (Phi) is 4.02. The van der Waals surface area contributed by atoms with Crippen molar-refractivity contribution in [3.8, 4) is 5.75 Å². The lowest BCUT2D eigenvalue weighted by atomic mass is 10.0. The summed E-state index contributed by atoms with van der Waals surface area (Å²) in [4.78, 5) is 2.33. The van der Waals surface area contributed by atoms with E-state index >= 15 is 0 Å². The summed E-state index contributed by atoms with van der Waals surface area (Å²) in [7, 11) is 2.15. The van der Waals surface area contributed by atoms with E-state index in [2.05, 4.69) is 31.0 Å². The molecule has 0 spiro atoms. The molecule has 0 aromatic heterocycles. The Bertz CT molecular complexity index is 350. The predicted molar refractivity (Wildman–Crippen MR) is 70.3 cm³/mol. The molecule has 2 atom stereocenters. The Balaban J connectivity index is 1.79. The van der Waals surface area contributed by atoms with E-state index in [1.165, 1.54) is 12.0 Å². The van der Waals surface area contributed by atoms with Crippen molar-refractivity contribution in [1.29, 1.82) is 0 Å². The number of rotatable bonds is 4. The molecule has 94 valence electrons. The van der Waals surface area contributed by atoms with Crippen LogP contribution in [0.2, 0.25) is 0 Å². The number of nitrogens with zero attached hydrogens (tertiary/aromatic N) is 1. The third-order valence-corrected chi connectivity index (χ3v) is 3.50. The van der Waals surface area contributed by atoms with Crippen molar-refractivity contribution in [3.63, 3.8) is 0 Å². The van der Waals surface area contributed by atoms with Crippen LogP contribution in [0, 0.1) is 12.8 Å². The zero-order valence-electron chi connectivity index (χ0n) is 10.7. The zero-order chi connectivity index (χ0) is 12.3. The fraction of sp³-hybridized carbons (Fsp3) is 0.571. The van der Waals surface area contributed by atoms with Crippen molar-refractivity contribution >= 4 is 0 Å². The molecule has 2 rings (SSSR count). The van der Waals surface area contributed by atoms with E-state index in [-0.39, 0.29) is 6.04 Å². The highest BCUT2D eigenvalue weighted by Crippen LogP contribution is 2.18. The summed E-state index contributed by atoms with van der Waals surface area (Å²) in [6.07, 6.45) is 1.19. The molecule has 2 unspecified atom stereocenters. The first-order valence-electron chi connectivity index (χ1n) is 6.29. The molecule has 2 N–H and O–H groups in total. The van der Waals surface area contributed by atoms with E-state index in [0.717, 1.165) is 18.8 Å². The number of hydrogen-bond acceptors (Lipinski definition) is 3. The van der Waals surface area contributed by atoms with E-state index in [4.69, 9.17) is 10.5 Å². The molecular weight excluding hydrogens is 212 g/mol. The third kappa shape index (κ3) is 3.45. The minimum atomic E-state index is 0.140. The Hall–Kier alpha value is -1.06. The van der Waals surface area contributed by atoms with Crippen LogP contribution in [-0.2, 0) is 0 Å². The van der Waals surface area contributed by atoms with E-state index < -0.39 is 0 Å². The van der Waals surface area contributed by atoms with Gasteiger partial charge in [-0.05, 0) is 45.0 Å². The van der Waals surface area contributed by atoms with E-state index in [0.29, 0.717) is 12.5 Å². The maximum absolute atomic E-state index is 6.17. The van der Waals surface area contributed by atoms with Crippen LogP contribution in [0.3, 0.4) is 0 Å². The summed E-state index contributed by atoms with van der Waals surface area (Å²) in [6.45, 7) is 4.94. The topological polar surface area (TPSA) is 38.5 Å². The van der Waals surface area contributed by atoms with Gasteiger partial charge in [0.05, 0.1) is 0 Å². The number of likely N-dealkylation sites (tertiary alicyclic amines) is 1. The molecule has 0 radical (unpaired) electrons. The molecule has 1 aromatic carbocycles. The highest BCUT2D eigenvalue weighted by atomic mass is 16.5. The van der Waals surface area contributed by atoms with Gasteiger partial charge in [-0.1, -0.05) is 17.7 Å². The third-order valence-electron chi connectivity index (χ3n) is 3.50. The minimum absolute atomic E-state index is 0.140. The number of aryl methyl sites for hydroxylation is 1. The van der Waals surface area contributed by atoms with Crippen molar-refractivity contribution < 1.29 is 4.74 Å². The second-order valence-corrected chi connectivity index (χ2v) is 5.10. The molecule has 1 aromatic rings. The van der Waals surface area contributed by atoms with E-state index in [9.17, 15) is 0 Å². The summed E-state index contributed by atoms with van der Waals surface area (Å²) in [5.41, 5.74) is 7.42. The van der Waals surface area contributed by atoms with Crippen LogP contribution >= 0.6 is 0 Å². The van der Waals surface area contributed by atoms with Crippen LogP contribution in [0.15, 0.2) is 24.3 Å². The lowest BCUT2D eigenvalue weighted by Gasteiger charge is -2.19. The van der Waals surface area contributed by atoms with Gasteiger partial charge in [-0.25, -0.2) is 0 Å². The van der Waals surface area contributed by atoms with Gasteiger partial charge in [-0.15, -0.1) is 0 Å². The molecular formula is C14H22N2O. The van der Waals surface area contributed by atoms with Crippen molar-refractivity contribution in [2.75, 3.05) is 26.7 Å². The Morgan fingerprint density at radius 3 is 2.71 bits per heavy atom. The smallest absolute Gasteiger partial charge is 0.119 e. The second kappa shape index (κ2) is 5.52. The molecule has 1 heterocycles. The summed E-state index contributed by atoms with van der Waals surface area (Å²) in [5, 5.41) is 0. The molecule has 17 heavy (non-hydrogen) atoms. The first kappa shape index (κ1) is 12.4. The number of benzene rings is 1. The maximum atomic E-state index is 6.17. The second-order valence-electron chi connectivity index (χ2n) is 5.10. The van der Waals surface area contributed by atoms with Gasteiger partial charge in [-0.2, -0.15) is 0 Å². The van der Waals surface area contributed by atoms with Crippen molar-refractivity contribution in [1.82, 2.24) is 4.90 Å². The normalized spacial score (nSPS) is 22.6. The number of hydrogen-bond donors (Lipinski definition) is 1. The van der Waals surface area contributed by atoms with Gasteiger partial charge in [0.2, 0.25) is 0 Å². The first-order chi connectivity index (χ1) is 8.15. The molecule has 0 bridgehead atoms. The summed E-state index contributed by atoms with van der Waals surface area (Å²) in [5.74, 6) is 1.49. The summed E-state index contributed by atoms with van der Waals surface area (Å²) in [6, 6.07) is 8.27. The monoisotopic (exact) mass is 234 g/mol. The average molecular weight is 234 g/mol. The molecule has 3 heteroatoms. The Morgan fingerprint density at radius 2 is 2.12 bits per heavy atom. The van der Waals surface area contributed by atoms with Crippen LogP contribution in [-0.4, -0.2) is 37.7 Å². The SMILES string of the molecule is Cc1ccc(OCC(N)C2CCN(C)C2)cc1. The average Bonchev–Trinajstić information content (AvgIpc) is 2.75. The van der Waals surface area contributed by atoms with Gasteiger partial charge in [0.1, 0.15) is 12.4 Å². The number of ether oxygens (including phenoxy) is 1. The predicted octanol–water partition coefficient (Wildman–Crippen LogP) is 1.65.